The van der Waals surface area contributed by atoms with Crippen molar-refractivity contribution in [3.8, 4) is 5.75 Å². The van der Waals surface area contributed by atoms with Crippen LogP contribution in [0.25, 0.3) is 0 Å². The Morgan fingerprint density at radius 1 is 1.45 bits per heavy atom. The molecule has 0 aromatic heterocycles. The molecule has 0 bridgehead atoms. The van der Waals surface area contributed by atoms with E-state index >= 15 is 0 Å². The maximum absolute atomic E-state index is 6.25. The van der Waals surface area contributed by atoms with Crippen LogP contribution < -0.4 is 10.5 Å². The number of halogens is 1. The second-order valence-corrected chi connectivity index (χ2v) is 5.88. The van der Waals surface area contributed by atoms with E-state index in [2.05, 4.69) is 17.9 Å². The quantitative estimate of drug-likeness (QED) is 0.796. The van der Waals surface area contributed by atoms with E-state index in [9.17, 15) is 0 Å². The lowest BCUT2D eigenvalue weighted by molar-refractivity contribution is 0.188. The van der Waals surface area contributed by atoms with Gasteiger partial charge in [-0.2, -0.15) is 0 Å². The van der Waals surface area contributed by atoms with Crippen LogP contribution in [0.2, 0.25) is 5.02 Å². The van der Waals surface area contributed by atoms with E-state index in [0.29, 0.717) is 17.6 Å². The summed E-state index contributed by atoms with van der Waals surface area (Å²) in [5.74, 6) is 0.720. The molecule has 20 heavy (non-hydrogen) atoms. The van der Waals surface area contributed by atoms with Gasteiger partial charge in [-0.25, -0.2) is 0 Å². The molecule has 1 unspecified atom stereocenters. The molecule has 0 aliphatic heterocycles. The van der Waals surface area contributed by atoms with Gasteiger partial charge in [0.15, 0.2) is 0 Å². The van der Waals surface area contributed by atoms with Crippen LogP contribution in [0.3, 0.4) is 0 Å². The van der Waals surface area contributed by atoms with Crippen LogP contribution in [0.4, 0.5) is 0 Å². The molecule has 1 aromatic rings. The van der Waals surface area contributed by atoms with E-state index in [1.807, 2.05) is 12.1 Å². The van der Waals surface area contributed by atoms with Gasteiger partial charge in [-0.1, -0.05) is 31.0 Å². The van der Waals surface area contributed by atoms with Crippen molar-refractivity contribution in [1.82, 2.24) is 4.90 Å². The third-order valence-electron chi connectivity index (χ3n) is 3.97. The molecule has 4 heteroatoms. The predicted molar refractivity (Wildman–Crippen MR) is 84.4 cm³/mol. The maximum Gasteiger partial charge on any atom is 0.137 e. The van der Waals surface area contributed by atoms with Crippen molar-refractivity contribution in [3.63, 3.8) is 0 Å². The first-order chi connectivity index (χ1) is 9.71. The zero-order chi connectivity index (χ0) is 14.5. The number of nitrogens with two attached hydrogens (primary N) is 1. The molecule has 0 amide bonds. The topological polar surface area (TPSA) is 38.5 Å². The molecule has 2 N–H and O–H groups in total. The summed E-state index contributed by atoms with van der Waals surface area (Å²) >= 11 is 6.25. The van der Waals surface area contributed by atoms with E-state index < -0.39 is 0 Å². The lowest BCUT2D eigenvalue weighted by atomic mass is 10.0. The summed E-state index contributed by atoms with van der Waals surface area (Å²) in [7, 11) is 1.64. The van der Waals surface area contributed by atoms with Gasteiger partial charge in [-0.3, -0.25) is 4.90 Å². The largest absolute Gasteiger partial charge is 0.495 e. The molecule has 1 saturated carbocycles. The second kappa shape index (κ2) is 7.30. The van der Waals surface area contributed by atoms with Crippen molar-refractivity contribution >= 4 is 11.6 Å². The van der Waals surface area contributed by atoms with E-state index in [-0.39, 0.29) is 6.04 Å². The van der Waals surface area contributed by atoms with Crippen molar-refractivity contribution in [3.05, 3.63) is 28.8 Å². The Balaban J connectivity index is 2.18. The molecular formula is C16H25ClN2O. The number of rotatable bonds is 8. The van der Waals surface area contributed by atoms with Crippen LogP contribution in [0.1, 0.15) is 44.2 Å². The summed E-state index contributed by atoms with van der Waals surface area (Å²) < 4.78 is 5.22. The number of nitrogens with zero attached hydrogens (tertiary/aromatic N) is 1. The number of benzene rings is 1. The third-order valence-corrected chi connectivity index (χ3v) is 4.27. The average Bonchev–Trinajstić information content (AvgIpc) is 3.28. The Morgan fingerprint density at radius 3 is 2.70 bits per heavy atom. The normalized spacial score (nSPS) is 16.4. The Kier molecular flexibility index (Phi) is 5.70. The monoisotopic (exact) mass is 296 g/mol. The van der Waals surface area contributed by atoms with Crippen molar-refractivity contribution in [2.24, 2.45) is 5.73 Å². The Morgan fingerprint density at radius 2 is 2.20 bits per heavy atom. The lowest BCUT2D eigenvalue weighted by Gasteiger charge is -2.31. The fourth-order valence-corrected chi connectivity index (χ4v) is 2.96. The summed E-state index contributed by atoms with van der Waals surface area (Å²) in [6, 6.07) is 6.99. The minimum atomic E-state index is 0.262. The SMILES string of the molecule is CCCCN(C1CC1)C(CN)c1ccc(OC)c(Cl)c1. The summed E-state index contributed by atoms with van der Waals surface area (Å²) in [5, 5.41) is 0.662. The standard InChI is InChI=1S/C16H25ClN2O/c1-3-4-9-19(13-6-7-13)15(11-18)12-5-8-16(20-2)14(17)10-12/h5,8,10,13,15H,3-4,6-7,9,11,18H2,1-2H3. The first-order valence-electron chi connectivity index (χ1n) is 7.50. The van der Waals surface area contributed by atoms with Crippen molar-refractivity contribution < 1.29 is 4.74 Å². The summed E-state index contributed by atoms with van der Waals surface area (Å²) in [4.78, 5) is 2.56. The Bertz CT molecular complexity index is 434. The molecular weight excluding hydrogens is 272 g/mol. The molecule has 112 valence electrons. The smallest absolute Gasteiger partial charge is 0.137 e. The maximum atomic E-state index is 6.25. The molecule has 1 aliphatic carbocycles. The molecule has 2 rings (SSSR count). The van der Waals surface area contributed by atoms with Gasteiger partial charge in [-0.15, -0.1) is 0 Å². The predicted octanol–water partition coefficient (Wildman–Crippen LogP) is 3.61. The highest BCUT2D eigenvalue weighted by Gasteiger charge is 2.33. The third kappa shape index (κ3) is 3.66. The van der Waals surface area contributed by atoms with Gasteiger partial charge >= 0.3 is 0 Å². The number of methoxy groups -OCH3 is 1. The zero-order valence-corrected chi connectivity index (χ0v) is 13.2. The van der Waals surface area contributed by atoms with Crippen LogP contribution in [-0.4, -0.2) is 31.1 Å². The molecule has 1 aliphatic rings. The summed E-state index contributed by atoms with van der Waals surface area (Å²) in [6.07, 6.45) is 5.02. The highest BCUT2D eigenvalue weighted by atomic mass is 35.5. The van der Waals surface area contributed by atoms with Crippen molar-refractivity contribution in [1.29, 1.82) is 0 Å². The van der Waals surface area contributed by atoms with Gasteiger partial charge in [-0.05, 0) is 43.5 Å². The van der Waals surface area contributed by atoms with Gasteiger partial charge in [0, 0.05) is 18.6 Å². The van der Waals surface area contributed by atoms with Crippen LogP contribution in [0, 0.1) is 0 Å². The van der Waals surface area contributed by atoms with Crippen LogP contribution >= 0.6 is 11.6 Å². The van der Waals surface area contributed by atoms with E-state index in [1.165, 1.54) is 31.2 Å². The summed E-state index contributed by atoms with van der Waals surface area (Å²) in [6.45, 7) is 3.97. The van der Waals surface area contributed by atoms with Crippen LogP contribution in [0.15, 0.2) is 18.2 Å². The van der Waals surface area contributed by atoms with Crippen molar-refractivity contribution in [2.45, 2.75) is 44.7 Å². The van der Waals surface area contributed by atoms with Gasteiger partial charge in [0.1, 0.15) is 5.75 Å². The van der Waals surface area contributed by atoms with Gasteiger partial charge in [0.05, 0.1) is 12.1 Å². The van der Waals surface area contributed by atoms with E-state index in [1.54, 1.807) is 7.11 Å². The second-order valence-electron chi connectivity index (χ2n) is 5.47. The van der Waals surface area contributed by atoms with Crippen LogP contribution in [0.5, 0.6) is 5.75 Å². The molecule has 1 atom stereocenters. The Labute approximate surface area is 127 Å². The number of hydrogen-bond donors (Lipinski definition) is 1. The first kappa shape index (κ1) is 15.6. The van der Waals surface area contributed by atoms with Gasteiger partial charge < -0.3 is 10.5 Å². The average molecular weight is 297 g/mol. The lowest BCUT2D eigenvalue weighted by Crippen LogP contribution is -2.36. The fourth-order valence-electron chi connectivity index (χ4n) is 2.69. The molecule has 0 saturated heterocycles. The molecule has 0 spiro atoms. The number of hydrogen-bond acceptors (Lipinski definition) is 3. The molecule has 1 fully saturated rings. The molecule has 3 nitrogen and oxygen atoms in total. The van der Waals surface area contributed by atoms with Crippen LogP contribution in [-0.2, 0) is 0 Å². The number of ether oxygens (including phenoxy) is 1. The van der Waals surface area contributed by atoms with E-state index in [4.69, 9.17) is 22.1 Å². The minimum Gasteiger partial charge on any atom is -0.495 e. The summed E-state index contributed by atoms with van der Waals surface area (Å²) in [5.41, 5.74) is 7.24. The number of unbranched alkanes of at least 4 members (excludes halogenated alkanes) is 1. The fraction of sp³-hybridized carbons (Fsp3) is 0.625. The Hall–Kier alpha value is -0.770. The minimum absolute atomic E-state index is 0.262. The van der Waals surface area contributed by atoms with Gasteiger partial charge in [0.2, 0.25) is 0 Å². The highest BCUT2D eigenvalue weighted by molar-refractivity contribution is 6.32. The zero-order valence-electron chi connectivity index (χ0n) is 12.4. The first-order valence-corrected chi connectivity index (χ1v) is 7.88. The van der Waals surface area contributed by atoms with Crippen molar-refractivity contribution in [2.75, 3.05) is 20.2 Å². The molecule has 1 aromatic carbocycles. The van der Waals surface area contributed by atoms with E-state index in [0.717, 1.165) is 12.3 Å². The molecule has 0 radical (unpaired) electrons. The van der Waals surface area contributed by atoms with Gasteiger partial charge in [0.25, 0.3) is 0 Å². The molecule has 0 heterocycles. The highest BCUT2D eigenvalue weighted by Crippen LogP contribution is 2.36.